The van der Waals surface area contributed by atoms with Crippen molar-refractivity contribution >= 4 is 35.0 Å². The van der Waals surface area contributed by atoms with Crippen LogP contribution in [0.25, 0.3) is 0 Å². The number of halogens is 2. The molecule has 0 fully saturated rings. The molecule has 6 heteroatoms. The lowest BCUT2D eigenvalue weighted by atomic mass is 10.0. The van der Waals surface area contributed by atoms with Crippen molar-refractivity contribution in [3.05, 3.63) is 69.2 Å². The summed E-state index contributed by atoms with van der Waals surface area (Å²) in [6, 6.07) is 12.8. The van der Waals surface area contributed by atoms with E-state index in [1.807, 2.05) is 20.8 Å². The van der Waals surface area contributed by atoms with E-state index < -0.39 is 11.6 Å². The number of hydrogen-bond donors (Lipinski definition) is 1. The molecule has 1 unspecified atom stereocenters. The Morgan fingerprint density at radius 1 is 1.00 bits per heavy atom. The first-order chi connectivity index (χ1) is 14.5. The molecular formula is C25H32Cl2N2O2. The van der Waals surface area contributed by atoms with Gasteiger partial charge in [0, 0.05) is 34.1 Å². The van der Waals surface area contributed by atoms with Crippen molar-refractivity contribution in [1.29, 1.82) is 0 Å². The van der Waals surface area contributed by atoms with Gasteiger partial charge in [0.2, 0.25) is 11.8 Å². The van der Waals surface area contributed by atoms with Gasteiger partial charge >= 0.3 is 0 Å². The molecule has 2 aromatic rings. The van der Waals surface area contributed by atoms with E-state index in [-0.39, 0.29) is 18.4 Å². The van der Waals surface area contributed by atoms with Crippen molar-refractivity contribution in [2.45, 2.75) is 72.0 Å². The first kappa shape index (κ1) is 25.2. The lowest BCUT2D eigenvalue weighted by Crippen LogP contribution is -2.52. The Kier molecular flexibility index (Phi) is 8.96. The van der Waals surface area contributed by atoms with Crippen LogP contribution in [-0.2, 0) is 29.0 Å². The summed E-state index contributed by atoms with van der Waals surface area (Å²) in [6.45, 7) is 9.75. The minimum atomic E-state index is -0.665. The van der Waals surface area contributed by atoms with Gasteiger partial charge in [0.05, 0.1) is 0 Å². The summed E-state index contributed by atoms with van der Waals surface area (Å²) < 4.78 is 0. The first-order valence-corrected chi connectivity index (χ1v) is 11.4. The van der Waals surface area contributed by atoms with E-state index in [1.54, 1.807) is 30.0 Å². The van der Waals surface area contributed by atoms with E-state index in [9.17, 15) is 9.59 Å². The van der Waals surface area contributed by atoms with Crippen molar-refractivity contribution in [2.24, 2.45) is 0 Å². The molecule has 0 aliphatic rings. The van der Waals surface area contributed by atoms with Gasteiger partial charge in [0.25, 0.3) is 0 Å². The quantitative estimate of drug-likeness (QED) is 0.536. The fraction of sp³-hybridized carbons (Fsp3) is 0.440. The van der Waals surface area contributed by atoms with Crippen molar-refractivity contribution in [3.63, 3.8) is 0 Å². The number of benzene rings is 2. The molecule has 0 saturated heterocycles. The number of aryl methyl sites for hydroxylation is 2. The minimum Gasteiger partial charge on any atom is -0.350 e. The molecule has 0 aliphatic heterocycles. The summed E-state index contributed by atoms with van der Waals surface area (Å²) in [6.07, 6.45) is 1.87. The maximum absolute atomic E-state index is 13.2. The molecule has 0 aliphatic carbocycles. The second kappa shape index (κ2) is 11.0. The van der Waals surface area contributed by atoms with Crippen LogP contribution in [0.5, 0.6) is 0 Å². The van der Waals surface area contributed by atoms with E-state index in [0.29, 0.717) is 28.5 Å². The number of rotatable bonds is 8. The van der Waals surface area contributed by atoms with Gasteiger partial charge in [-0.05, 0) is 63.8 Å². The second-order valence-electron chi connectivity index (χ2n) is 8.81. The number of carbonyl (C=O) groups is 2. The predicted molar refractivity (Wildman–Crippen MR) is 129 cm³/mol. The number of carbonyl (C=O) groups excluding carboxylic acids is 2. The lowest BCUT2D eigenvalue weighted by molar-refractivity contribution is -0.141. The van der Waals surface area contributed by atoms with Crippen LogP contribution in [-0.4, -0.2) is 28.3 Å². The number of amides is 2. The Morgan fingerprint density at radius 3 is 2.06 bits per heavy atom. The molecule has 0 spiro atoms. The fourth-order valence-electron chi connectivity index (χ4n) is 3.25. The highest BCUT2D eigenvalue weighted by atomic mass is 35.5. The van der Waals surface area contributed by atoms with E-state index in [1.165, 1.54) is 5.56 Å². The Bertz CT molecular complexity index is 884. The van der Waals surface area contributed by atoms with Crippen LogP contribution in [0.4, 0.5) is 0 Å². The second-order valence-corrected chi connectivity index (χ2v) is 9.62. The molecule has 1 N–H and O–H groups in total. The predicted octanol–water partition coefficient (Wildman–Crippen LogP) is 5.82. The van der Waals surface area contributed by atoms with Crippen LogP contribution in [0.1, 0.15) is 57.7 Å². The minimum absolute atomic E-state index is 0.118. The Hall–Kier alpha value is -2.04. The SMILES string of the molecule is CCc1ccc(CCC(=O)N(Cc2c(Cl)cccc2Cl)C(C)C(=O)NC(C)(C)C)cc1. The van der Waals surface area contributed by atoms with Crippen LogP contribution in [0, 0.1) is 0 Å². The molecule has 31 heavy (non-hydrogen) atoms. The molecule has 168 valence electrons. The zero-order valence-corrected chi connectivity index (χ0v) is 20.5. The Morgan fingerprint density at radius 2 is 1.55 bits per heavy atom. The zero-order valence-electron chi connectivity index (χ0n) is 19.0. The van der Waals surface area contributed by atoms with Gasteiger partial charge < -0.3 is 10.2 Å². The van der Waals surface area contributed by atoms with Crippen molar-refractivity contribution in [1.82, 2.24) is 10.2 Å². The van der Waals surface area contributed by atoms with Crippen molar-refractivity contribution in [3.8, 4) is 0 Å². The molecule has 2 rings (SSSR count). The summed E-state index contributed by atoms with van der Waals surface area (Å²) in [5.41, 5.74) is 2.59. The van der Waals surface area contributed by atoms with Crippen LogP contribution in [0.15, 0.2) is 42.5 Å². The summed E-state index contributed by atoms with van der Waals surface area (Å²) in [4.78, 5) is 27.6. The zero-order chi connectivity index (χ0) is 23.2. The molecule has 0 radical (unpaired) electrons. The lowest BCUT2D eigenvalue weighted by Gasteiger charge is -2.32. The van der Waals surface area contributed by atoms with Gasteiger partial charge in [-0.25, -0.2) is 0 Å². The van der Waals surface area contributed by atoms with Gasteiger partial charge in [0.15, 0.2) is 0 Å². The van der Waals surface area contributed by atoms with Crippen molar-refractivity contribution < 1.29 is 9.59 Å². The molecule has 0 bridgehead atoms. The molecule has 0 aromatic heterocycles. The maximum Gasteiger partial charge on any atom is 0.242 e. The summed E-state index contributed by atoms with van der Waals surface area (Å²) in [5.74, 6) is -0.330. The van der Waals surface area contributed by atoms with Gasteiger partial charge in [-0.3, -0.25) is 9.59 Å². The van der Waals surface area contributed by atoms with E-state index >= 15 is 0 Å². The smallest absolute Gasteiger partial charge is 0.242 e. The summed E-state index contributed by atoms with van der Waals surface area (Å²) in [5, 5.41) is 3.91. The van der Waals surface area contributed by atoms with Crippen molar-refractivity contribution in [2.75, 3.05) is 0 Å². The highest BCUT2D eigenvalue weighted by molar-refractivity contribution is 6.36. The van der Waals surface area contributed by atoms with Gasteiger partial charge in [-0.1, -0.05) is 60.5 Å². The van der Waals surface area contributed by atoms with Crippen LogP contribution in [0.3, 0.4) is 0 Å². The molecular weight excluding hydrogens is 431 g/mol. The molecule has 1 atom stereocenters. The van der Waals surface area contributed by atoms with E-state index in [0.717, 1.165) is 12.0 Å². The average Bonchev–Trinajstić information content (AvgIpc) is 2.70. The highest BCUT2D eigenvalue weighted by Crippen LogP contribution is 2.27. The summed E-state index contributed by atoms with van der Waals surface area (Å²) >= 11 is 12.7. The van der Waals surface area contributed by atoms with Gasteiger partial charge in [0.1, 0.15) is 6.04 Å². The van der Waals surface area contributed by atoms with Gasteiger partial charge in [-0.15, -0.1) is 0 Å². The maximum atomic E-state index is 13.2. The van der Waals surface area contributed by atoms with Crippen LogP contribution >= 0.6 is 23.2 Å². The molecule has 4 nitrogen and oxygen atoms in total. The van der Waals surface area contributed by atoms with E-state index in [2.05, 4.69) is 36.5 Å². The molecule has 2 amide bonds. The number of nitrogens with zero attached hydrogens (tertiary/aromatic N) is 1. The highest BCUT2D eigenvalue weighted by Gasteiger charge is 2.29. The third kappa shape index (κ3) is 7.55. The monoisotopic (exact) mass is 462 g/mol. The first-order valence-electron chi connectivity index (χ1n) is 10.6. The molecule has 0 heterocycles. The molecule has 2 aromatic carbocycles. The van der Waals surface area contributed by atoms with Crippen LogP contribution in [0.2, 0.25) is 10.0 Å². The topological polar surface area (TPSA) is 49.4 Å². The van der Waals surface area contributed by atoms with Crippen LogP contribution < -0.4 is 5.32 Å². The number of hydrogen-bond acceptors (Lipinski definition) is 2. The third-order valence-electron chi connectivity index (χ3n) is 5.11. The largest absolute Gasteiger partial charge is 0.350 e. The number of nitrogens with one attached hydrogen (secondary N) is 1. The molecule has 0 saturated carbocycles. The van der Waals surface area contributed by atoms with E-state index in [4.69, 9.17) is 23.2 Å². The Labute approximate surface area is 195 Å². The average molecular weight is 463 g/mol. The normalized spacial score (nSPS) is 12.4. The Balaban J connectivity index is 2.22. The fourth-order valence-corrected chi connectivity index (χ4v) is 3.76. The standard InChI is InChI=1S/C25H32Cl2N2O2/c1-6-18-10-12-19(13-11-18)14-15-23(30)29(17(2)24(31)28-25(3,4)5)16-20-21(26)8-7-9-22(20)27/h7-13,17H,6,14-16H2,1-5H3,(H,28,31). The third-order valence-corrected chi connectivity index (χ3v) is 5.82. The van der Waals surface area contributed by atoms with Gasteiger partial charge in [-0.2, -0.15) is 0 Å². The summed E-state index contributed by atoms with van der Waals surface area (Å²) in [7, 11) is 0.